The number of halogens is 6. The first-order chi connectivity index (χ1) is 21.1. The summed E-state index contributed by atoms with van der Waals surface area (Å²) in [4.78, 5) is 26.3. The fourth-order valence-corrected chi connectivity index (χ4v) is 6.21. The van der Waals surface area contributed by atoms with E-state index in [0.717, 1.165) is 17.5 Å². The van der Waals surface area contributed by atoms with Crippen molar-refractivity contribution in [3.8, 4) is 11.1 Å². The predicted molar refractivity (Wildman–Crippen MR) is 146 cm³/mol. The van der Waals surface area contributed by atoms with Crippen LogP contribution in [-0.4, -0.2) is 30.6 Å². The number of fused-ring (bicyclic) bond motifs is 4. The first-order valence-corrected chi connectivity index (χ1v) is 13.8. The number of hydrogen-bond donors (Lipinski definition) is 1. The molecule has 0 saturated heterocycles. The Morgan fingerprint density at radius 2 is 1.84 bits per heavy atom. The predicted octanol–water partition coefficient (Wildman–Crippen LogP) is 6.41. The maximum Gasteiger partial charge on any atom is 0.293 e. The highest BCUT2D eigenvalue weighted by Crippen LogP contribution is 2.68. The Balaban J connectivity index is 1.25. The summed E-state index contributed by atoms with van der Waals surface area (Å²) in [5.41, 5.74) is 0.664. The number of alkyl halides is 4. The van der Waals surface area contributed by atoms with Crippen LogP contribution < -0.4 is 5.32 Å². The maximum atomic E-state index is 15.1. The summed E-state index contributed by atoms with van der Waals surface area (Å²) in [6.07, 6.45) is 1.25. The van der Waals surface area contributed by atoms with Gasteiger partial charge in [-0.25, -0.2) is 27.5 Å². The Bertz CT molecular complexity index is 1910. The van der Waals surface area contributed by atoms with E-state index in [1.807, 2.05) is 12.1 Å². The average molecular weight is 609 g/mol. The van der Waals surface area contributed by atoms with Crippen molar-refractivity contribution in [3.63, 3.8) is 0 Å². The molecule has 3 heterocycles. The zero-order valence-corrected chi connectivity index (χ0v) is 22.7. The molecule has 2 aliphatic rings. The molecule has 0 bridgehead atoms. The van der Waals surface area contributed by atoms with Gasteiger partial charge in [0.1, 0.15) is 35.9 Å². The second-order valence-corrected chi connectivity index (χ2v) is 11.0. The van der Waals surface area contributed by atoms with E-state index in [1.165, 1.54) is 12.5 Å². The Hall–Kier alpha value is -4.81. The topological polar surface area (TPSA) is 85.6 Å². The highest BCUT2D eigenvalue weighted by atomic mass is 19.3. The lowest BCUT2D eigenvalue weighted by Gasteiger charge is -2.22. The molecule has 7 nitrogen and oxygen atoms in total. The monoisotopic (exact) mass is 608 g/mol. The van der Waals surface area contributed by atoms with Gasteiger partial charge in [0, 0.05) is 40.9 Å². The Morgan fingerprint density at radius 3 is 2.61 bits per heavy atom. The van der Waals surface area contributed by atoms with Gasteiger partial charge in [0.2, 0.25) is 5.91 Å². The molecule has 2 aromatic carbocycles. The number of carbonyl (C=O) groups is 1. The van der Waals surface area contributed by atoms with E-state index < -0.39 is 65.7 Å². The SMILES string of the molecule is O=C(Cn1nc(C(F)F)c2c1C(F)(F)C1CC21)NC(Cc1cc(F)cc(F)c1)c1ncncc1-c1ccc2cccnc2c1. The molecule has 1 fully saturated rings. The number of nitrogens with zero attached hydrogens (tertiary/aromatic N) is 5. The molecule has 3 aromatic heterocycles. The quantitative estimate of drug-likeness (QED) is 0.206. The zero-order valence-electron chi connectivity index (χ0n) is 22.7. The van der Waals surface area contributed by atoms with Gasteiger partial charge in [-0.15, -0.1) is 0 Å². The molecule has 1 saturated carbocycles. The molecule has 224 valence electrons. The van der Waals surface area contributed by atoms with Crippen LogP contribution in [0.25, 0.3) is 22.0 Å². The average Bonchev–Trinajstić information content (AvgIpc) is 3.64. The van der Waals surface area contributed by atoms with Gasteiger partial charge in [-0.3, -0.25) is 14.5 Å². The third-order valence-corrected chi connectivity index (χ3v) is 8.15. The van der Waals surface area contributed by atoms with Crippen LogP contribution in [0.15, 0.2) is 67.3 Å². The van der Waals surface area contributed by atoms with Gasteiger partial charge in [-0.1, -0.05) is 18.2 Å². The van der Waals surface area contributed by atoms with E-state index >= 15 is 8.78 Å². The van der Waals surface area contributed by atoms with Crippen LogP contribution in [0.2, 0.25) is 0 Å². The highest BCUT2D eigenvalue weighted by Gasteiger charge is 2.67. The third kappa shape index (κ3) is 4.85. The molecule has 0 radical (unpaired) electrons. The summed E-state index contributed by atoms with van der Waals surface area (Å²) >= 11 is 0. The van der Waals surface area contributed by atoms with E-state index in [2.05, 4.69) is 25.4 Å². The molecule has 13 heteroatoms. The van der Waals surface area contributed by atoms with Gasteiger partial charge < -0.3 is 5.32 Å². The molecule has 0 spiro atoms. The van der Waals surface area contributed by atoms with Gasteiger partial charge in [0.25, 0.3) is 12.3 Å². The van der Waals surface area contributed by atoms with Gasteiger partial charge in [-0.2, -0.15) is 13.9 Å². The summed E-state index contributed by atoms with van der Waals surface area (Å²) in [6.45, 7) is -0.779. The van der Waals surface area contributed by atoms with Crippen LogP contribution in [0, 0.1) is 17.6 Å². The molecule has 5 aromatic rings. The fourth-order valence-electron chi connectivity index (χ4n) is 6.21. The van der Waals surface area contributed by atoms with Crippen molar-refractivity contribution in [1.82, 2.24) is 30.0 Å². The van der Waals surface area contributed by atoms with Crippen LogP contribution in [0.5, 0.6) is 0 Å². The summed E-state index contributed by atoms with van der Waals surface area (Å²) in [5.74, 6) is -7.70. The minimum atomic E-state index is -3.40. The zero-order chi connectivity index (χ0) is 30.7. The first-order valence-electron chi connectivity index (χ1n) is 13.8. The molecule has 3 atom stereocenters. The molecule has 2 aliphatic carbocycles. The Kier molecular flexibility index (Phi) is 6.63. The van der Waals surface area contributed by atoms with E-state index in [4.69, 9.17) is 0 Å². The number of carbonyl (C=O) groups excluding carboxylic acids is 1. The van der Waals surface area contributed by atoms with E-state index in [9.17, 15) is 22.4 Å². The lowest BCUT2D eigenvalue weighted by Crippen LogP contribution is -2.35. The van der Waals surface area contributed by atoms with Crippen molar-refractivity contribution >= 4 is 16.8 Å². The van der Waals surface area contributed by atoms with Gasteiger partial charge in [0.15, 0.2) is 0 Å². The number of pyridine rings is 1. The van der Waals surface area contributed by atoms with Crippen LogP contribution in [0.1, 0.15) is 53.0 Å². The van der Waals surface area contributed by atoms with E-state index in [0.29, 0.717) is 27.4 Å². The van der Waals surface area contributed by atoms with Crippen molar-refractivity contribution in [1.29, 1.82) is 0 Å². The summed E-state index contributed by atoms with van der Waals surface area (Å²) < 4.78 is 86.5. The summed E-state index contributed by atoms with van der Waals surface area (Å²) in [6, 6.07) is 11.0. The summed E-state index contributed by atoms with van der Waals surface area (Å²) in [5, 5.41) is 7.31. The molecule has 1 amide bonds. The third-order valence-electron chi connectivity index (χ3n) is 8.15. The van der Waals surface area contributed by atoms with Gasteiger partial charge in [-0.05, 0) is 54.2 Å². The number of aromatic nitrogens is 5. The number of nitrogens with one attached hydrogen (secondary N) is 1. The van der Waals surface area contributed by atoms with Crippen molar-refractivity contribution in [2.45, 2.75) is 43.7 Å². The smallest absolute Gasteiger partial charge is 0.293 e. The molecule has 44 heavy (non-hydrogen) atoms. The minimum Gasteiger partial charge on any atom is -0.346 e. The highest BCUT2D eigenvalue weighted by molar-refractivity contribution is 5.84. The first kappa shape index (κ1) is 28.0. The Morgan fingerprint density at radius 1 is 1.05 bits per heavy atom. The maximum absolute atomic E-state index is 15.1. The lowest BCUT2D eigenvalue weighted by molar-refractivity contribution is -0.123. The minimum absolute atomic E-state index is 0.0880. The van der Waals surface area contributed by atoms with Crippen molar-refractivity contribution in [3.05, 3.63) is 107 Å². The number of amides is 1. The van der Waals surface area contributed by atoms with Crippen LogP contribution >= 0.6 is 0 Å². The molecule has 1 N–H and O–H groups in total. The van der Waals surface area contributed by atoms with Gasteiger partial charge >= 0.3 is 0 Å². The fraction of sp³-hybridized carbons (Fsp3) is 0.258. The molecular formula is C31H22F6N6O. The molecule has 3 unspecified atom stereocenters. The number of hydrogen-bond acceptors (Lipinski definition) is 5. The van der Waals surface area contributed by atoms with Crippen molar-refractivity contribution in [2.24, 2.45) is 5.92 Å². The summed E-state index contributed by atoms with van der Waals surface area (Å²) in [7, 11) is 0. The molecule has 0 aliphatic heterocycles. The van der Waals surface area contributed by atoms with Crippen LogP contribution in [-0.2, 0) is 23.7 Å². The number of benzene rings is 2. The standard InChI is InChI=1S/C31H22F6N6O/c32-18-6-15(7-19(33)10-18)8-24(27-21(12-38-14-40-27)17-4-3-16-2-1-5-39-23(16)9-17)41-25(44)13-43-29-26(28(42-43)30(34)35)20-11-22(20)31(29,36)37/h1-7,9-10,12,14,20,22,24,30H,8,11,13H2,(H,41,44). The van der Waals surface area contributed by atoms with E-state index in [-0.39, 0.29) is 29.7 Å². The van der Waals surface area contributed by atoms with Crippen molar-refractivity contribution in [2.75, 3.05) is 0 Å². The van der Waals surface area contributed by atoms with E-state index in [1.54, 1.807) is 24.4 Å². The molecular weight excluding hydrogens is 586 g/mol. The number of rotatable bonds is 8. The largest absolute Gasteiger partial charge is 0.346 e. The van der Waals surface area contributed by atoms with Crippen molar-refractivity contribution < 1.29 is 31.1 Å². The molecule has 7 rings (SSSR count). The second kappa shape index (κ2) is 10.4. The second-order valence-electron chi connectivity index (χ2n) is 11.0. The lowest BCUT2D eigenvalue weighted by atomic mass is 9.95. The normalized spacial score (nSPS) is 18.7. The van der Waals surface area contributed by atoms with Crippen LogP contribution in [0.4, 0.5) is 26.3 Å². The Labute approximate surface area is 246 Å². The van der Waals surface area contributed by atoms with Gasteiger partial charge in [0.05, 0.1) is 17.3 Å². The van der Waals surface area contributed by atoms with Crippen LogP contribution in [0.3, 0.4) is 0 Å².